The molecule has 7 nitrogen and oxygen atoms in total. The summed E-state index contributed by atoms with van der Waals surface area (Å²) in [7, 11) is -4.17. The second kappa shape index (κ2) is 10.5. The van der Waals surface area contributed by atoms with Gasteiger partial charge in [0.2, 0.25) is 5.91 Å². The van der Waals surface area contributed by atoms with E-state index in [2.05, 4.69) is 17.0 Å². The van der Waals surface area contributed by atoms with Gasteiger partial charge < -0.3 is 5.32 Å². The third kappa shape index (κ3) is 7.16. The molecule has 0 unspecified atom stereocenters. The van der Waals surface area contributed by atoms with E-state index in [1.54, 1.807) is 11.3 Å². The molecule has 9 heteroatoms. The van der Waals surface area contributed by atoms with Crippen molar-refractivity contribution in [3.05, 3.63) is 52.0 Å². The average molecular weight is 452 g/mol. The molecule has 30 heavy (non-hydrogen) atoms. The third-order valence-electron chi connectivity index (χ3n) is 5.50. The summed E-state index contributed by atoms with van der Waals surface area (Å²) >= 11 is 1.58. The van der Waals surface area contributed by atoms with Gasteiger partial charge in [-0.15, -0.1) is 11.3 Å². The molecule has 1 aliphatic rings. The average Bonchev–Trinajstić information content (AvgIpc) is 3.18. The van der Waals surface area contributed by atoms with Crippen molar-refractivity contribution in [3.63, 3.8) is 0 Å². The summed E-state index contributed by atoms with van der Waals surface area (Å²) in [6, 6.07) is 9.28. The Hall–Kier alpha value is -1.81. The maximum Gasteiger partial charge on any atom is 0.333 e. The first-order valence-corrected chi connectivity index (χ1v) is 12.7. The summed E-state index contributed by atoms with van der Waals surface area (Å²) < 4.78 is 33.3. The fourth-order valence-electron chi connectivity index (χ4n) is 3.95. The molecule has 1 aliphatic carbocycles. The zero-order chi connectivity index (χ0) is 21.6. The van der Waals surface area contributed by atoms with E-state index >= 15 is 0 Å². The second-order valence-electron chi connectivity index (χ2n) is 7.86. The molecule has 164 valence electrons. The van der Waals surface area contributed by atoms with Crippen molar-refractivity contribution in [1.29, 1.82) is 0 Å². The lowest BCUT2D eigenvalue weighted by Crippen LogP contribution is -2.38. The van der Waals surface area contributed by atoms with Crippen molar-refractivity contribution in [2.24, 2.45) is 5.92 Å². The molecule has 1 atom stereocenters. The standard InChI is InChI=1S/C21H29N3O4S2/c1-2-17-14-29-21(22-17)19(23-20(25)13-15-6-4-3-5-7-15)12-16-8-10-18(11-9-16)24-30(26,27)28/h3-7,14,16,18-19,24H,2,8-13H2,1H3,(H,23,25)(H,26,27,28)/t16?,18?,19-/m0/s1. The molecular formula is C21H29N3O4S2. The molecule has 1 saturated carbocycles. The molecule has 1 fully saturated rings. The van der Waals surface area contributed by atoms with E-state index in [4.69, 9.17) is 9.54 Å². The Labute approximate surface area is 182 Å². The Morgan fingerprint density at radius 3 is 2.53 bits per heavy atom. The van der Waals surface area contributed by atoms with Crippen molar-refractivity contribution < 1.29 is 17.8 Å². The van der Waals surface area contributed by atoms with Crippen LogP contribution in [0.15, 0.2) is 35.7 Å². The van der Waals surface area contributed by atoms with Gasteiger partial charge in [-0.1, -0.05) is 37.3 Å². The number of aryl methyl sites for hydroxylation is 1. The fourth-order valence-corrected chi connectivity index (χ4v) is 5.58. The van der Waals surface area contributed by atoms with E-state index in [-0.39, 0.29) is 18.0 Å². The summed E-state index contributed by atoms with van der Waals surface area (Å²) in [6.45, 7) is 2.06. The van der Waals surface area contributed by atoms with Crippen LogP contribution in [0.1, 0.15) is 61.3 Å². The van der Waals surface area contributed by atoms with Crippen molar-refractivity contribution in [3.8, 4) is 0 Å². The first-order chi connectivity index (χ1) is 14.3. The number of aromatic nitrogens is 1. The number of carbonyl (C=O) groups is 1. The highest BCUT2D eigenvalue weighted by molar-refractivity contribution is 7.83. The van der Waals surface area contributed by atoms with Crippen molar-refractivity contribution in [2.75, 3.05) is 0 Å². The number of nitrogens with zero attached hydrogens (tertiary/aromatic N) is 1. The van der Waals surface area contributed by atoms with Crippen LogP contribution in [0.25, 0.3) is 0 Å². The maximum absolute atomic E-state index is 12.7. The predicted molar refractivity (Wildman–Crippen MR) is 118 cm³/mol. The first kappa shape index (κ1) is 22.9. The van der Waals surface area contributed by atoms with E-state index in [1.165, 1.54) is 0 Å². The first-order valence-electron chi connectivity index (χ1n) is 10.3. The van der Waals surface area contributed by atoms with Gasteiger partial charge in [-0.05, 0) is 50.0 Å². The Bertz CT molecular complexity index is 923. The van der Waals surface area contributed by atoms with Crippen LogP contribution in [0.2, 0.25) is 0 Å². The molecule has 1 amide bonds. The number of hydrogen-bond acceptors (Lipinski definition) is 5. The largest absolute Gasteiger partial charge is 0.347 e. The third-order valence-corrected chi connectivity index (χ3v) is 7.14. The summed E-state index contributed by atoms with van der Waals surface area (Å²) in [4.78, 5) is 17.4. The summed E-state index contributed by atoms with van der Waals surface area (Å²) in [5.74, 6) is 0.335. The van der Waals surface area contributed by atoms with Crippen LogP contribution in [0, 0.1) is 5.92 Å². The van der Waals surface area contributed by atoms with Crippen LogP contribution >= 0.6 is 11.3 Å². The van der Waals surface area contributed by atoms with Gasteiger partial charge in [0.25, 0.3) is 0 Å². The van der Waals surface area contributed by atoms with Gasteiger partial charge in [-0.25, -0.2) is 4.98 Å². The Kier molecular flexibility index (Phi) is 7.99. The van der Waals surface area contributed by atoms with E-state index in [1.807, 2.05) is 35.7 Å². The Balaban J connectivity index is 1.62. The van der Waals surface area contributed by atoms with Crippen LogP contribution in [0.4, 0.5) is 0 Å². The highest BCUT2D eigenvalue weighted by Crippen LogP contribution is 2.33. The normalized spacial score (nSPS) is 20.6. The zero-order valence-corrected chi connectivity index (χ0v) is 18.7. The number of benzene rings is 1. The topological polar surface area (TPSA) is 108 Å². The molecule has 0 saturated heterocycles. The molecule has 1 heterocycles. The van der Waals surface area contributed by atoms with E-state index in [0.717, 1.165) is 41.9 Å². The molecule has 0 aliphatic heterocycles. The SMILES string of the molecule is CCc1csc([C@H](CC2CCC(NS(=O)(=O)O)CC2)NC(=O)Cc2ccccc2)n1. The zero-order valence-electron chi connectivity index (χ0n) is 17.1. The number of nitrogens with one attached hydrogen (secondary N) is 2. The van der Waals surface area contributed by atoms with E-state index in [0.29, 0.717) is 25.2 Å². The van der Waals surface area contributed by atoms with Crippen LogP contribution in [-0.2, 0) is 27.9 Å². The number of carbonyl (C=O) groups excluding carboxylic acids is 1. The molecule has 0 spiro atoms. The fraction of sp³-hybridized carbons (Fsp3) is 0.524. The summed E-state index contributed by atoms with van der Waals surface area (Å²) in [6.07, 6.45) is 4.98. The molecule has 3 rings (SSSR count). The lowest BCUT2D eigenvalue weighted by molar-refractivity contribution is -0.121. The van der Waals surface area contributed by atoms with Crippen LogP contribution in [-0.4, -0.2) is 29.9 Å². The quantitative estimate of drug-likeness (QED) is 0.506. The number of thiazole rings is 1. The highest BCUT2D eigenvalue weighted by atomic mass is 32.2. The van der Waals surface area contributed by atoms with Crippen molar-refractivity contribution in [2.45, 2.75) is 64.0 Å². The second-order valence-corrected chi connectivity index (χ2v) is 9.93. The molecule has 0 radical (unpaired) electrons. The van der Waals surface area contributed by atoms with Crippen molar-refractivity contribution in [1.82, 2.24) is 15.0 Å². The summed E-state index contributed by atoms with van der Waals surface area (Å²) in [5, 5.41) is 6.14. The maximum atomic E-state index is 12.7. The number of amides is 1. The Morgan fingerprint density at radius 1 is 1.23 bits per heavy atom. The predicted octanol–water partition coefficient (Wildman–Crippen LogP) is 3.45. The minimum absolute atomic E-state index is 0.0267. The lowest BCUT2D eigenvalue weighted by atomic mass is 9.82. The minimum Gasteiger partial charge on any atom is -0.347 e. The molecule has 2 aromatic rings. The van der Waals surface area contributed by atoms with Crippen LogP contribution in [0.3, 0.4) is 0 Å². The van der Waals surface area contributed by atoms with Gasteiger partial charge in [0.1, 0.15) is 5.01 Å². The van der Waals surface area contributed by atoms with Gasteiger partial charge in [-0.2, -0.15) is 13.1 Å². The highest BCUT2D eigenvalue weighted by Gasteiger charge is 2.28. The van der Waals surface area contributed by atoms with Gasteiger partial charge in [0, 0.05) is 11.4 Å². The molecular weight excluding hydrogens is 422 g/mol. The van der Waals surface area contributed by atoms with Crippen molar-refractivity contribution >= 4 is 27.5 Å². The number of rotatable bonds is 9. The Morgan fingerprint density at radius 2 is 1.93 bits per heavy atom. The molecule has 1 aromatic heterocycles. The molecule has 1 aromatic carbocycles. The minimum atomic E-state index is -4.17. The smallest absolute Gasteiger partial charge is 0.333 e. The van der Waals surface area contributed by atoms with Gasteiger partial charge >= 0.3 is 10.3 Å². The molecule has 0 bridgehead atoms. The molecule has 3 N–H and O–H groups in total. The monoisotopic (exact) mass is 451 g/mol. The summed E-state index contributed by atoms with van der Waals surface area (Å²) in [5.41, 5.74) is 2.00. The van der Waals surface area contributed by atoms with Crippen LogP contribution in [0.5, 0.6) is 0 Å². The lowest BCUT2D eigenvalue weighted by Gasteiger charge is -2.30. The van der Waals surface area contributed by atoms with Gasteiger partial charge in [0.15, 0.2) is 0 Å². The van der Waals surface area contributed by atoms with Gasteiger partial charge in [-0.3, -0.25) is 9.35 Å². The van der Waals surface area contributed by atoms with E-state index in [9.17, 15) is 13.2 Å². The van der Waals surface area contributed by atoms with E-state index < -0.39 is 10.3 Å². The van der Waals surface area contributed by atoms with Crippen LogP contribution < -0.4 is 10.0 Å². The number of hydrogen-bond donors (Lipinski definition) is 3. The van der Waals surface area contributed by atoms with Gasteiger partial charge in [0.05, 0.1) is 18.2 Å².